The fourth-order valence-corrected chi connectivity index (χ4v) is 2.57. The second-order valence-corrected chi connectivity index (χ2v) is 5.10. The van der Waals surface area contributed by atoms with Gasteiger partial charge in [-0.1, -0.05) is 6.07 Å². The highest BCUT2D eigenvalue weighted by Gasteiger charge is 2.12. The number of halogens is 1. The molecule has 0 unspecified atom stereocenters. The summed E-state index contributed by atoms with van der Waals surface area (Å²) in [5.74, 6) is -0.763. The molecule has 0 fully saturated rings. The third kappa shape index (κ3) is 3.11. The fourth-order valence-electron chi connectivity index (χ4n) is 1.77. The Morgan fingerprint density at radius 3 is 2.76 bits per heavy atom. The lowest BCUT2D eigenvalue weighted by molar-refractivity contribution is 0.102. The molecule has 3 aromatic rings. The number of hydrogen-bond acceptors (Lipinski definition) is 4. The van der Waals surface area contributed by atoms with E-state index < -0.39 is 5.82 Å². The molecule has 1 aromatic carbocycles. The zero-order valence-corrected chi connectivity index (χ0v) is 11.6. The topological polar surface area (TPSA) is 54.9 Å². The van der Waals surface area contributed by atoms with Gasteiger partial charge in [-0.3, -0.25) is 9.78 Å². The molecule has 0 aliphatic rings. The summed E-state index contributed by atoms with van der Waals surface area (Å²) in [5, 5.41) is 5.03. The molecule has 104 valence electrons. The molecule has 1 amide bonds. The first kappa shape index (κ1) is 13.4. The Morgan fingerprint density at radius 2 is 2.00 bits per heavy atom. The summed E-state index contributed by atoms with van der Waals surface area (Å²) in [6, 6.07) is 9.39. The van der Waals surface area contributed by atoms with E-state index in [0.29, 0.717) is 11.4 Å². The quantitative estimate of drug-likeness (QED) is 0.804. The van der Waals surface area contributed by atoms with Gasteiger partial charge in [0.1, 0.15) is 16.5 Å². The van der Waals surface area contributed by atoms with E-state index in [9.17, 15) is 9.18 Å². The minimum absolute atomic E-state index is 0.302. The van der Waals surface area contributed by atoms with Crippen molar-refractivity contribution in [3.8, 4) is 10.6 Å². The Kier molecular flexibility index (Phi) is 3.70. The number of anilines is 1. The second-order valence-electron chi connectivity index (χ2n) is 4.24. The fraction of sp³-hybridized carbons (Fsp3) is 0. The van der Waals surface area contributed by atoms with Crippen molar-refractivity contribution in [2.45, 2.75) is 0 Å². The van der Waals surface area contributed by atoms with Crippen molar-refractivity contribution in [1.82, 2.24) is 9.97 Å². The second kappa shape index (κ2) is 5.80. The Labute approximate surface area is 124 Å². The molecule has 3 rings (SSSR count). The maximum absolute atomic E-state index is 13.1. The van der Waals surface area contributed by atoms with Crippen molar-refractivity contribution >= 4 is 22.9 Å². The number of nitrogens with one attached hydrogen (secondary N) is 1. The molecule has 0 aliphatic carbocycles. The van der Waals surface area contributed by atoms with E-state index >= 15 is 0 Å². The highest BCUT2D eigenvalue weighted by Crippen LogP contribution is 2.23. The Morgan fingerprint density at radius 1 is 1.19 bits per heavy atom. The summed E-state index contributed by atoms with van der Waals surface area (Å²) >= 11 is 1.37. The molecule has 21 heavy (non-hydrogen) atoms. The van der Waals surface area contributed by atoms with Gasteiger partial charge >= 0.3 is 0 Å². The van der Waals surface area contributed by atoms with Crippen LogP contribution in [0.15, 0.2) is 54.2 Å². The predicted molar refractivity (Wildman–Crippen MR) is 79.7 cm³/mol. The summed E-state index contributed by atoms with van der Waals surface area (Å²) in [5.41, 5.74) is 1.61. The molecule has 0 radical (unpaired) electrons. The van der Waals surface area contributed by atoms with Crippen LogP contribution in [0.4, 0.5) is 10.1 Å². The number of benzene rings is 1. The Bertz CT molecular complexity index is 773. The maximum Gasteiger partial charge on any atom is 0.275 e. The van der Waals surface area contributed by atoms with Gasteiger partial charge in [0.2, 0.25) is 0 Å². The number of aromatic nitrogens is 2. The normalized spacial score (nSPS) is 10.3. The molecule has 0 spiro atoms. The van der Waals surface area contributed by atoms with Crippen LogP contribution in [0.1, 0.15) is 10.5 Å². The average molecular weight is 299 g/mol. The van der Waals surface area contributed by atoms with Crippen molar-refractivity contribution in [2.75, 3.05) is 5.32 Å². The van der Waals surface area contributed by atoms with Gasteiger partial charge in [-0.15, -0.1) is 11.3 Å². The van der Waals surface area contributed by atoms with E-state index in [2.05, 4.69) is 15.3 Å². The number of carbonyl (C=O) groups excluding carboxylic acids is 1. The summed E-state index contributed by atoms with van der Waals surface area (Å²) in [7, 11) is 0. The molecule has 0 bridgehead atoms. The van der Waals surface area contributed by atoms with Crippen molar-refractivity contribution < 1.29 is 9.18 Å². The van der Waals surface area contributed by atoms with Gasteiger partial charge in [-0.05, 0) is 30.3 Å². The smallest absolute Gasteiger partial charge is 0.275 e. The molecule has 0 saturated carbocycles. The minimum atomic E-state index is -0.399. The molecular weight excluding hydrogens is 289 g/mol. The number of pyridine rings is 1. The molecule has 0 saturated heterocycles. The van der Waals surface area contributed by atoms with E-state index in [0.717, 1.165) is 10.6 Å². The maximum atomic E-state index is 13.1. The SMILES string of the molecule is O=C(Nc1cccc(F)c1)c1csc(-c2ccncc2)n1. The van der Waals surface area contributed by atoms with Gasteiger partial charge in [0.25, 0.3) is 5.91 Å². The highest BCUT2D eigenvalue weighted by atomic mass is 32.1. The molecule has 0 aliphatic heterocycles. The van der Waals surface area contributed by atoms with Gasteiger partial charge in [-0.25, -0.2) is 9.37 Å². The summed E-state index contributed by atoms with van der Waals surface area (Å²) in [4.78, 5) is 20.3. The first-order chi connectivity index (χ1) is 10.2. The third-order valence-electron chi connectivity index (χ3n) is 2.75. The number of nitrogens with zero attached hydrogens (tertiary/aromatic N) is 2. The summed E-state index contributed by atoms with van der Waals surface area (Å²) in [6.45, 7) is 0. The number of amides is 1. The first-order valence-corrected chi connectivity index (χ1v) is 7.03. The van der Waals surface area contributed by atoms with Crippen molar-refractivity contribution in [3.63, 3.8) is 0 Å². The first-order valence-electron chi connectivity index (χ1n) is 6.15. The van der Waals surface area contributed by atoms with Crippen molar-refractivity contribution in [2.24, 2.45) is 0 Å². The van der Waals surface area contributed by atoms with Crippen LogP contribution in [0.2, 0.25) is 0 Å². The zero-order chi connectivity index (χ0) is 14.7. The lowest BCUT2D eigenvalue weighted by Gasteiger charge is -2.02. The summed E-state index contributed by atoms with van der Waals surface area (Å²) in [6.07, 6.45) is 3.34. The van der Waals surface area contributed by atoms with Crippen LogP contribution in [0, 0.1) is 5.82 Å². The number of thiazole rings is 1. The van der Waals surface area contributed by atoms with Crippen LogP contribution in [0.25, 0.3) is 10.6 Å². The highest BCUT2D eigenvalue weighted by molar-refractivity contribution is 7.13. The lowest BCUT2D eigenvalue weighted by atomic mass is 10.3. The number of rotatable bonds is 3. The van der Waals surface area contributed by atoms with Crippen LogP contribution in [-0.2, 0) is 0 Å². The van der Waals surface area contributed by atoms with E-state index in [1.807, 2.05) is 12.1 Å². The van der Waals surface area contributed by atoms with E-state index in [-0.39, 0.29) is 5.91 Å². The zero-order valence-electron chi connectivity index (χ0n) is 10.8. The van der Waals surface area contributed by atoms with Gasteiger partial charge in [0.05, 0.1) is 0 Å². The molecule has 4 nitrogen and oxygen atoms in total. The lowest BCUT2D eigenvalue weighted by Crippen LogP contribution is -2.12. The third-order valence-corrected chi connectivity index (χ3v) is 3.64. The van der Waals surface area contributed by atoms with E-state index in [1.165, 1.54) is 29.5 Å². The average Bonchev–Trinajstić information content (AvgIpc) is 2.98. The van der Waals surface area contributed by atoms with Gasteiger partial charge < -0.3 is 5.32 Å². The van der Waals surface area contributed by atoms with Crippen molar-refractivity contribution in [3.05, 3.63) is 65.7 Å². The predicted octanol–water partition coefficient (Wildman–Crippen LogP) is 3.60. The van der Waals surface area contributed by atoms with E-state index in [4.69, 9.17) is 0 Å². The molecule has 2 aromatic heterocycles. The molecule has 1 N–H and O–H groups in total. The van der Waals surface area contributed by atoms with Crippen LogP contribution >= 0.6 is 11.3 Å². The van der Waals surface area contributed by atoms with Crippen LogP contribution < -0.4 is 5.32 Å². The standard InChI is InChI=1S/C15H10FN3OS/c16-11-2-1-3-12(8-11)18-14(20)13-9-21-15(19-13)10-4-6-17-7-5-10/h1-9H,(H,18,20). The molecule has 0 atom stereocenters. The number of hydrogen-bond donors (Lipinski definition) is 1. The van der Waals surface area contributed by atoms with Gasteiger partial charge in [0, 0.05) is 29.0 Å². The van der Waals surface area contributed by atoms with E-state index in [1.54, 1.807) is 23.8 Å². The molecular formula is C15H10FN3OS. The van der Waals surface area contributed by atoms with Crippen molar-refractivity contribution in [1.29, 1.82) is 0 Å². The van der Waals surface area contributed by atoms with Crippen LogP contribution in [0.5, 0.6) is 0 Å². The molecule has 6 heteroatoms. The summed E-state index contributed by atoms with van der Waals surface area (Å²) < 4.78 is 13.1. The monoisotopic (exact) mass is 299 g/mol. The van der Waals surface area contributed by atoms with Crippen LogP contribution in [0.3, 0.4) is 0 Å². The van der Waals surface area contributed by atoms with Gasteiger partial charge in [-0.2, -0.15) is 0 Å². The van der Waals surface area contributed by atoms with Gasteiger partial charge in [0.15, 0.2) is 0 Å². The Hall–Kier alpha value is -2.60. The van der Waals surface area contributed by atoms with Crippen LogP contribution in [-0.4, -0.2) is 15.9 Å². The molecule has 2 heterocycles. The minimum Gasteiger partial charge on any atom is -0.321 e. The largest absolute Gasteiger partial charge is 0.321 e. The number of carbonyl (C=O) groups is 1. The Balaban J connectivity index is 1.78.